The summed E-state index contributed by atoms with van der Waals surface area (Å²) in [5, 5.41) is 13.1. The number of ether oxygens (including phenoxy) is 1. The van der Waals surface area contributed by atoms with E-state index in [4.69, 9.17) is 10.1 Å². The molecular weight excluding hydrogens is 537 g/mol. The van der Waals surface area contributed by atoms with Crippen molar-refractivity contribution in [1.82, 2.24) is 24.6 Å². The summed E-state index contributed by atoms with van der Waals surface area (Å²) in [6.07, 6.45) is 1.08. The number of fused-ring (bicyclic) bond motifs is 1. The molecule has 2 saturated heterocycles. The van der Waals surface area contributed by atoms with Gasteiger partial charge in [-0.1, -0.05) is 0 Å². The van der Waals surface area contributed by atoms with E-state index in [-0.39, 0.29) is 42.7 Å². The average molecular weight is 563 g/mol. The minimum absolute atomic E-state index is 0.000658. The third-order valence-corrected chi connectivity index (χ3v) is 9.15. The molecule has 2 aromatic heterocycles. The molecule has 39 heavy (non-hydrogen) atoms. The summed E-state index contributed by atoms with van der Waals surface area (Å²) in [5.74, 6) is -2.66. The number of aryl methyl sites for hydroxylation is 1. The van der Waals surface area contributed by atoms with Gasteiger partial charge in [-0.15, -0.1) is 0 Å². The lowest BCUT2D eigenvalue weighted by molar-refractivity contribution is 0.362. The van der Waals surface area contributed by atoms with Crippen LogP contribution < -0.4 is 20.3 Å². The molecule has 1 unspecified atom stereocenters. The number of hydrogen-bond donors (Lipinski definition) is 3. The van der Waals surface area contributed by atoms with Gasteiger partial charge in [0.2, 0.25) is 27.7 Å². The normalized spacial score (nSPS) is 21.9. The van der Waals surface area contributed by atoms with Gasteiger partial charge < -0.3 is 20.3 Å². The second-order valence-electron chi connectivity index (χ2n) is 9.27. The number of sulfonamides is 1. The fourth-order valence-electron chi connectivity index (χ4n) is 4.85. The smallest absolute Gasteiger partial charge is 0.255 e. The van der Waals surface area contributed by atoms with E-state index >= 15 is 4.39 Å². The molecule has 2 atom stereocenters. The molecule has 0 saturated carbocycles. The molecule has 2 aliphatic rings. The Morgan fingerprint density at radius 3 is 2.69 bits per heavy atom. The van der Waals surface area contributed by atoms with Crippen molar-refractivity contribution in [1.29, 1.82) is 5.41 Å². The van der Waals surface area contributed by atoms with Crippen molar-refractivity contribution in [2.75, 3.05) is 37.5 Å². The van der Waals surface area contributed by atoms with Crippen LogP contribution in [0.4, 0.5) is 24.8 Å². The molecule has 2 aliphatic heterocycles. The Labute approximate surface area is 222 Å². The second-order valence-corrected chi connectivity index (χ2v) is 11.4. The Bertz CT molecular complexity index is 1560. The highest BCUT2D eigenvalue weighted by Crippen LogP contribution is 2.43. The van der Waals surface area contributed by atoms with Gasteiger partial charge in [-0.3, -0.25) is 10.4 Å². The third-order valence-electron chi connectivity index (χ3n) is 6.93. The van der Waals surface area contributed by atoms with Gasteiger partial charge in [0.25, 0.3) is 5.88 Å². The Hall–Kier alpha value is -4.14. The molecule has 11 nitrogen and oxygen atoms in total. The predicted molar refractivity (Wildman–Crippen MR) is 136 cm³/mol. The van der Waals surface area contributed by atoms with E-state index in [1.54, 1.807) is 0 Å². The summed E-state index contributed by atoms with van der Waals surface area (Å²) in [5.41, 5.74) is -0.640. The number of benzene rings is 1. The van der Waals surface area contributed by atoms with Gasteiger partial charge >= 0.3 is 0 Å². The summed E-state index contributed by atoms with van der Waals surface area (Å²) in [7, 11) is -1.66. The van der Waals surface area contributed by atoms with Crippen molar-refractivity contribution >= 4 is 27.6 Å². The van der Waals surface area contributed by atoms with Gasteiger partial charge in [-0.05, 0) is 37.3 Å². The number of guanidine groups is 1. The Balaban J connectivity index is 1.57. The molecule has 1 aromatic carbocycles. The minimum atomic E-state index is -4.15. The number of nitrogens with one attached hydrogen (secondary N) is 3. The minimum Gasteiger partial charge on any atom is -0.479 e. The fourth-order valence-corrected chi connectivity index (χ4v) is 6.67. The van der Waals surface area contributed by atoms with E-state index in [0.717, 1.165) is 10.5 Å². The third kappa shape index (κ3) is 4.45. The zero-order valence-corrected chi connectivity index (χ0v) is 22.0. The zero-order chi connectivity index (χ0) is 28.1. The van der Waals surface area contributed by atoms with Gasteiger partial charge in [0.1, 0.15) is 22.4 Å². The standard InChI is InChI=1S/C24H25F3N8O3S/c1-13-20(27)21(38-3)32-23(31-13)35-11-19-24(12-35,33-22(28)34(2)39(19,36)37)17-8-15(6-7-18(17)26)30-10-16-5-4-14(25)9-29-16/h4-9,19,30H,10-12H2,1-3H3,(H2,28,33)/t19?,24-/m1/s1. The van der Waals surface area contributed by atoms with Crippen LogP contribution in [-0.2, 0) is 22.1 Å². The Morgan fingerprint density at radius 2 is 2.00 bits per heavy atom. The van der Waals surface area contributed by atoms with Gasteiger partial charge in [0, 0.05) is 31.4 Å². The van der Waals surface area contributed by atoms with Crippen molar-refractivity contribution in [2.45, 2.75) is 24.3 Å². The van der Waals surface area contributed by atoms with E-state index in [1.807, 2.05) is 0 Å². The van der Waals surface area contributed by atoms with E-state index < -0.39 is 44.2 Å². The summed E-state index contributed by atoms with van der Waals surface area (Å²) >= 11 is 0. The molecule has 0 spiro atoms. The van der Waals surface area contributed by atoms with Crippen LogP contribution in [0.3, 0.4) is 0 Å². The number of anilines is 2. The fraction of sp³-hybridized carbons (Fsp3) is 0.333. The van der Waals surface area contributed by atoms with Gasteiger partial charge in [0.05, 0.1) is 31.2 Å². The van der Waals surface area contributed by atoms with Gasteiger partial charge in [-0.2, -0.15) is 9.37 Å². The Kier molecular flexibility index (Phi) is 6.48. The van der Waals surface area contributed by atoms with Crippen molar-refractivity contribution in [3.05, 3.63) is 70.9 Å². The van der Waals surface area contributed by atoms with Crippen LogP contribution in [0.1, 0.15) is 17.0 Å². The van der Waals surface area contributed by atoms with E-state index in [2.05, 4.69) is 25.6 Å². The van der Waals surface area contributed by atoms with Crippen LogP contribution in [0, 0.1) is 29.8 Å². The highest BCUT2D eigenvalue weighted by atomic mass is 32.2. The lowest BCUT2D eigenvalue weighted by atomic mass is 9.87. The first-order valence-corrected chi connectivity index (χ1v) is 13.3. The molecule has 3 N–H and O–H groups in total. The van der Waals surface area contributed by atoms with Crippen LogP contribution in [0.2, 0.25) is 0 Å². The van der Waals surface area contributed by atoms with Gasteiger partial charge in [0.15, 0.2) is 0 Å². The molecule has 5 rings (SSSR count). The number of pyridine rings is 1. The average Bonchev–Trinajstić information content (AvgIpc) is 3.31. The molecule has 2 fully saturated rings. The number of halogens is 3. The first kappa shape index (κ1) is 26.5. The van der Waals surface area contributed by atoms with Crippen LogP contribution in [-0.4, -0.2) is 66.1 Å². The van der Waals surface area contributed by atoms with Crippen LogP contribution in [0.15, 0.2) is 36.5 Å². The Morgan fingerprint density at radius 1 is 1.23 bits per heavy atom. The van der Waals surface area contributed by atoms with Crippen LogP contribution in [0.25, 0.3) is 0 Å². The molecule has 15 heteroatoms. The number of rotatable bonds is 6. The van der Waals surface area contributed by atoms with Gasteiger partial charge in [-0.25, -0.2) is 26.5 Å². The van der Waals surface area contributed by atoms with E-state index in [1.165, 1.54) is 56.3 Å². The molecule has 3 aromatic rings. The molecular formula is C24H25F3N8O3S. The van der Waals surface area contributed by atoms with E-state index in [0.29, 0.717) is 11.4 Å². The first-order valence-electron chi connectivity index (χ1n) is 11.8. The summed E-state index contributed by atoms with van der Waals surface area (Å²) in [6.45, 7) is 1.30. The first-order chi connectivity index (χ1) is 18.5. The summed E-state index contributed by atoms with van der Waals surface area (Å²) < 4.78 is 76.0. The van der Waals surface area contributed by atoms with Crippen molar-refractivity contribution < 1.29 is 26.3 Å². The van der Waals surface area contributed by atoms with Crippen LogP contribution in [0.5, 0.6) is 5.88 Å². The summed E-state index contributed by atoms with van der Waals surface area (Å²) in [6, 6.07) is 6.91. The highest BCUT2D eigenvalue weighted by molar-refractivity contribution is 7.90. The lowest BCUT2D eigenvalue weighted by Gasteiger charge is -2.43. The monoisotopic (exact) mass is 562 g/mol. The molecule has 206 valence electrons. The van der Waals surface area contributed by atoms with Crippen molar-refractivity contribution in [3.8, 4) is 5.88 Å². The molecule has 0 radical (unpaired) electrons. The molecule has 0 amide bonds. The number of methoxy groups -OCH3 is 1. The molecule has 0 aliphatic carbocycles. The maximum absolute atomic E-state index is 15.5. The number of aromatic nitrogens is 3. The summed E-state index contributed by atoms with van der Waals surface area (Å²) in [4.78, 5) is 13.8. The number of hydrogen-bond acceptors (Lipinski definition) is 9. The predicted octanol–water partition coefficient (Wildman–Crippen LogP) is 2.10. The second kappa shape index (κ2) is 9.55. The number of nitrogens with zero attached hydrogens (tertiary/aromatic N) is 5. The quantitative estimate of drug-likeness (QED) is 0.413. The molecule has 0 bridgehead atoms. The SMILES string of the molecule is COc1nc(N2CC3[C@](c4cc(NCc5ccc(F)cn5)ccc4F)(C2)NC(=N)N(C)S3(=O)=O)nc(C)c1F. The van der Waals surface area contributed by atoms with Crippen LogP contribution >= 0.6 is 0 Å². The topological polar surface area (TPSA) is 136 Å². The van der Waals surface area contributed by atoms with Crippen molar-refractivity contribution in [2.24, 2.45) is 0 Å². The largest absolute Gasteiger partial charge is 0.479 e. The highest BCUT2D eigenvalue weighted by Gasteiger charge is 2.60. The molecule has 4 heterocycles. The maximum Gasteiger partial charge on any atom is 0.255 e. The maximum atomic E-state index is 15.5. The zero-order valence-electron chi connectivity index (χ0n) is 21.2. The van der Waals surface area contributed by atoms with E-state index in [9.17, 15) is 17.2 Å². The van der Waals surface area contributed by atoms with Crippen molar-refractivity contribution in [3.63, 3.8) is 0 Å². The lowest BCUT2D eigenvalue weighted by Crippen LogP contribution is -2.67.